The molecule has 0 spiro atoms. The maximum Gasteiger partial charge on any atom is 0.259 e. The van der Waals surface area contributed by atoms with E-state index < -0.39 is 0 Å². The van der Waals surface area contributed by atoms with Gasteiger partial charge >= 0.3 is 0 Å². The van der Waals surface area contributed by atoms with Crippen molar-refractivity contribution in [1.29, 1.82) is 0 Å². The number of phenolic OH excluding ortho intramolecular Hbond substituents is 7. The number of carbonyl (C=O) groups excluding carboxylic acids is 7. The standard InChI is InChI=1S/C20H34N2O2.C17H28N2O2.C16H18N2O2.3C14H14N2O2.C13H12N2O2/c1-4-6-8-10-12-22(13-11-9-7-5-2)20(24)18-15-17(21)14-16(3)19(18)23;1-2-3-4-5-6-7-8-9-12-19-17(21)15-13-14(18)10-11-16(15)20;1-10(2)11-4-3-5-13(8-11)18-16(20)14-9-12(17)6-7-15(14)19;2*1-9-2-5-11(6-3-9)16-14(18)12-8-10(15)4-7-13(12)17;15-13-7-6-11(17)8-12(13)14(18)16-9-10-4-2-1-3-5-10;14-9-6-7-12(16)11(8-9)13(17)15-10-4-2-1-3-5-10/h14-15,23H,4-13,21H2,1-3H3;10-11,13,20H,2-9,12,18H2,1H3,(H,19,21);3-10,19H,17H2,1-2H3,(H,18,20);2*2-8,17H,15H2,1H3,(H,16,18);1-8,17H,9,15H2,(H,16,18);1-8,16H,14H2,(H,15,17). The van der Waals surface area contributed by atoms with Crippen LogP contribution in [0.15, 0.2) is 255 Å². The first-order valence-corrected chi connectivity index (χ1v) is 45.6. The van der Waals surface area contributed by atoms with Gasteiger partial charge in [-0.2, -0.15) is 0 Å². The molecule has 0 aliphatic heterocycles. The molecule has 0 saturated heterocycles. The predicted molar refractivity (Wildman–Crippen MR) is 550 cm³/mol. The predicted octanol–water partition coefficient (Wildman–Crippen LogP) is 21.3. The maximum absolute atomic E-state index is 12.9. The molecule has 12 rings (SSSR count). The van der Waals surface area contributed by atoms with Gasteiger partial charge in [-0.05, 0) is 233 Å². The van der Waals surface area contributed by atoms with E-state index in [0.717, 1.165) is 73.9 Å². The van der Waals surface area contributed by atoms with Gasteiger partial charge in [0.15, 0.2) is 0 Å². The molecule has 0 saturated carbocycles. The molecule has 12 aromatic rings. The molecule has 27 N–H and O–H groups in total. The van der Waals surface area contributed by atoms with E-state index >= 15 is 0 Å². The van der Waals surface area contributed by atoms with Gasteiger partial charge in [0.1, 0.15) is 40.2 Å². The average molecular weight is 1850 g/mol. The van der Waals surface area contributed by atoms with Crippen LogP contribution in [-0.4, -0.2) is 102 Å². The summed E-state index contributed by atoms with van der Waals surface area (Å²) in [6.45, 7) is 19.0. The quantitative estimate of drug-likeness (QED) is 0.0103. The summed E-state index contributed by atoms with van der Waals surface area (Å²) in [7, 11) is 0. The Bertz CT molecular complexity index is 5690. The Kier molecular flexibility index (Phi) is 46.5. The molecule has 0 atom stereocenters. The zero-order valence-corrected chi connectivity index (χ0v) is 78.9. The summed E-state index contributed by atoms with van der Waals surface area (Å²) < 4.78 is 0. The fourth-order valence-electron chi connectivity index (χ4n) is 13.3. The highest BCUT2D eigenvalue weighted by Gasteiger charge is 2.23. The monoisotopic (exact) mass is 1850 g/mol. The minimum atomic E-state index is -0.388. The summed E-state index contributed by atoms with van der Waals surface area (Å²) in [6.07, 6.45) is 18.9. The van der Waals surface area contributed by atoms with E-state index in [-0.39, 0.29) is 115 Å². The average Bonchev–Trinajstić information content (AvgIpc) is 0.822. The molecule has 0 heterocycles. The second-order valence-corrected chi connectivity index (χ2v) is 32.9. The van der Waals surface area contributed by atoms with E-state index in [0.29, 0.717) is 92.7 Å². The first kappa shape index (κ1) is 109. The smallest absolute Gasteiger partial charge is 0.259 e. The van der Waals surface area contributed by atoms with Crippen molar-refractivity contribution in [3.05, 3.63) is 322 Å². The van der Waals surface area contributed by atoms with Crippen molar-refractivity contribution in [2.45, 2.75) is 171 Å². The number of anilines is 11. The van der Waals surface area contributed by atoms with E-state index in [9.17, 15) is 69.3 Å². The van der Waals surface area contributed by atoms with Gasteiger partial charge in [0.25, 0.3) is 41.4 Å². The van der Waals surface area contributed by atoms with Gasteiger partial charge < -0.3 is 113 Å². The summed E-state index contributed by atoms with van der Waals surface area (Å²) in [5.41, 5.74) is 51.9. The second kappa shape index (κ2) is 58.1. The summed E-state index contributed by atoms with van der Waals surface area (Å²) in [5.74, 6) is -2.12. The van der Waals surface area contributed by atoms with Crippen LogP contribution in [0.2, 0.25) is 0 Å². The molecule has 12 aromatic carbocycles. The SMILES string of the molecule is CC(C)c1cccc(NC(=O)c2cc(N)ccc2O)c1.CCCCCCCCCCNC(=O)c1cc(N)ccc1O.CCCCCCN(CCCCCC)C(=O)c1cc(N)cc(C)c1O.Cc1ccc(NC(=O)c2cc(N)ccc2O)cc1.Cc1ccc(NC(=O)c2cc(N)ccc2O)cc1.Nc1ccc(O)c(C(=O)Nc2ccccc2)c1.Nc1ccc(O)cc1C(=O)NCc1ccccc1. The lowest BCUT2D eigenvalue weighted by molar-refractivity contribution is 0.0744. The number of nitrogens with zero attached hydrogens (tertiary/aromatic N) is 1. The molecule has 0 bridgehead atoms. The topological polar surface area (TPSA) is 519 Å². The highest BCUT2D eigenvalue weighted by Crippen LogP contribution is 2.31. The third kappa shape index (κ3) is 38.9. The third-order valence-corrected chi connectivity index (χ3v) is 21.1. The molecular formula is C108H134N14O14. The second-order valence-electron chi connectivity index (χ2n) is 32.9. The number of hydrogen-bond donors (Lipinski definition) is 20. The summed E-state index contributed by atoms with van der Waals surface area (Å²) >= 11 is 0. The van der Waals surface area contributed by atoms with Crippen LogP contribution in [0.3, 0.4) is 0 Å². The number of benzene rings is 12. The van der Waals surface area contributed by atoms with Crippen LogP contribution in [-0.2, 0) is 6.54 Å². The summed E-state index contributed by atoms with van der Waals surface area (Å²) in [4.78, 5) is 86.5. The largest absolute Gasteiger partial charge is 0.508 e. The van der Waals surface area contributed by atoms with Gasteiger partial charge in [-0.15, -0.1) is 0 Å². The minimum Gasteiger partial charge on any atom is -0.508 e. The first-order valence-electron chi connectivity index (χ1n) is 45.6. The fraction of sp³-hybridized carbons (Fsp3) is 0.269. The molecule has 0 aliphatic rings. The van der Waals surface area contributed by atoms with Crippen LogP contribution in [0, 0.1) is 20.8 Å². The summed E-state index contributed by atoms with van der Waals surface area (Å²) in [5, 5.41) is 84.1. The van der Waals surface area contributed by atoms with Crippen LogP contribution >= 0.6 is 0 Å². The van der Waals surface area contributed by atoms with Crippen molar-refractivity contribution < 1.29 is 69.3 Å². The molecule has 0 unspecified atom stereocenters. The number of phenols is 7. The van der Waals surface area contributed by atoms with Gasteiger partial charge in [0.05, 0.1) is 38.9 Å². The van der Waals surface area contributed by atoms with E-state index in [4.69, 9.17) is 40.1 Å². The van der Waals surface area contributed by atoms with Crippen LogP contribution < -0.4 is 72.0 Å². The molecule has 28 heteroatoms. The van der Waals surface area contributed by atoms with Crippen LogP contribution in [0.4, 0.5) is 62.6 Å². The number of carbonyl (C=O) groups is 7. The number of amides is 7. The Balaban J connectivity index is 0.000000244. The highest BCUT2D eigenvalue weighted by atomic mass is 16.3. The zero-order chi connectivity index (χ0) is 99.6. The fourth-order valence-corrected chi connectivity index (χ4v) is 13.3. The Morgan fingerprint density at radius 3 is 1.06 bits per heavy atom. The Hall–Kier alpha value is -15.9. The number of rotatable bonds is 33. The molecular weight excluding hydrogens is 1720 g/mol. The lowest BCUT2D eigenvalue weighted by atomic mass is 10.0. The van der Waals surface area contributed by atoms with E-state index in [1.807, 2.05) is 116 Å². The first-order chi connectivity index (χ1) is 65.1. The van der Waals surface area contributed by atoms with E-state index in [1.165, 1.54) is 161 Å². The number of aryl methyl sites for hydroxylation is 3. The number of aromatic hydroxyl groups is 7. The number of nitrogens with two attached hydrogens (primary N) is 7. The van der Waals surface area contributed by atoms with Gasteiger partial charge in [0, 0.05) is 88.7 Å². The van der Waals surface area contributed by atoms with Crippen molar-refractivity contribution in [3.8, 4) is 40.2 Å². The Labute approximate surface area is 797 Å². The van der Waals surface area contributed by atoms with Crippen LogP contribution in [0.25, 0.3) is 0 Å². The van der Waals surface area contributed by atoms with Crippen molar-refractivity contribution in [2.24, 2.45) is 0 Å². The summed E-state index contributed by atoms with van der Waals surface area (Å²) in [6, 6.07) is 70.7. The van der Waals surface area contributed by atoms with Crippen LogP contribution in [0.5, 0.6) is 40.2 Å². The van der Waals surface area contributed by atoms with E-state index in [2.05, 4.69) is 66.5 Å². The lowest BCUT2D eigenvalue weighted by Crippen LogP contribution is -2.33. The van der Waals surface area contributed by atoms with Crippen molar-refractivity contribution in [3.63, 3.8) is 0 Å². The molecule has 0 radical (unpaired) electrons. The number of hydrogen-bond acceptors (Lipinski definition) is 21. The zero-order valence-electron chi connectivity index (χ0n) is 78.9. The Morgan fingerprint density at radius 1 is 0.309 bits per heavy atom. The maximum atomic E-state index is 12.9. The minimum absolute atomic E-state index is 0.0223. The molecule has 0 fully saturated rings. The Morgan fingerprint density at radius 2 is 0.654 bits per heavy atom. The molecule has 136 heavy (non-hydrogen) atoms. The number of nitrogen functional groups attached to an aromatic ring is 7. The van der Waals surface area contributed by atoms with Crippen molar-refractivity contribution in [2.75, 3.05) is 81.0 Å². The number of para-hydroxylation sites is 1. The van der Waals surface area contributed by atoms with Gasteiger partial charge in [-0.3, -0.25) is 33.6 Å². The van der Waals surface area contributed by atoms with Gasteiger partial charge in [0.2, 0.25) is 0 Å². The molecule has 0 aliphatic carbocycles. The van der Waals surface area contributed by atoms with Crippen molar-refractivity contribution in [1.82, 2.24) is 15.5 Å². The molecule has 0 aromatic heterocycles. The van der Waals surface area contributed by atoms with Crippen LogP contribution in [0.1, 0.15) is 244 Å². The van der Waals surface area contributed by atoms with Crippen molar-refractivity contribution >= 4 is 104 Å². The number of nitrogens with one attached hydrogen (secondary N) is 6. The van der Waals surface area contributed by atoms with Gasteiger partial charge in [-0.25, -0.2) is 0 Å². The lowest BCUT2D eigenvalue weighted by Gasteiger charge is -2.24. The van der Waals surface area contributed by atoms with Gasteiger partial charge in [-0.1, -0.05) is 214 Å². The number of unbranched alkanes of at least 4 members (excludes halogenated alkanes) is 13. The van der Waals surface area contributed by atoms with E-state index in [1.54, 1.807) is 67.6 Å². The highest BCUT2D eigenvalue weighted by molar-refractivity contribution is 6.09. The molecule has 720 valence electrons. The molecule has 7 amide bonds. The third-order valence-electron chi connectivity index (χ3n) is 21.1. The molecule has 28 nitrogen and oxygen atoms in total. The normalized spacial score (nSPS) is 10.3.